The van der Waals surface area contributed by atoms with E-state index in [1.165, 1.54) is 0 Å². The molecule has 0 radical (unpaired) electrons. The van der Waals surface area contributed by atoms with Gasteiger partial charge in [0.05, 0.1) is 23.9 Å². The minimum Gasteiger partial charge on any atom is -0.472 e. The maximum atomic E-state index is 9.55. The lowest BCUT2D eigenvalue weighted by atomic mass is 10.1. The second-order valence-electron chi connectivity index (χ2n) is 7.26. The van der Waals surface area contributed by atoms with E-state index in [1.54, 1.807) is 18.7 Å². The summed E-state index contributed by atoms with van der Waals surface area (Å²) in [6.07, 6.45) is 7.86. The van der Waals surface area contributed by atoms with Gasteiger partial charge in [0, 0.05) is 63.8 Å². The van der Waals surface area contributed by atoms with Crippen molar-refractivity contribution in [3.05, 3.63) is 48.2 Å². The molecule has 4 heterocycles. The number of rotatable bonds is 6. The van der Waals surface area contributed by atoms with Crippen molar-refractivity contribution in [3.8, 4) is 11.4 Å². The molecule has 8 heteroatoms. The van der Waals surface area contributed by atoms with Crippen LogP contribution in [-0.4, -0.2) is 62.0 Å². The maximum absolute atomic E-state index is 9.55. The summed E-state index contributed by atoms with van der Waals surface area (Å²) in [5.41, 5.74) is 4.07. The van der Waals surface area contributed by atoms with Crippen LogP contribution in [0.1, 0.15) is 17.5 Å². The number of aliphatic hydroxyl groups is 1. The summed E-state index contributed by atoms with van der Waals surface area (Å²) in [6, 6.07) is 4.20. The monoisotopic (exact) mass is 382 g/mol. The van der Waals surface area contributed by atoms with Gasteiger partial charge in [-0.1, -0.05) is 0 Å². The summed E-state index contributed by atoms with van der Waals surface area (Å²) in [7, 11) is 1.92. The third-order valence-corrected chi connectivity index (χ3v) is 5.34. The van der Waals surface area contributed by atoms with Crippen molar-refractivity contribution in [1.29, 1.82) is 0 Å². The minimum atomic E-state index is 0.162. The summed E-state index contributed by atoms with van der Waals surface area (Å²) < 4.78 is 7.03. The Kier molecular flexibility index (Phi) is 5.40. The van der Waals surface area contributed by atoms with E-state index < -0.39 is 0 Å². The number of aromatic nitrogens is 4. The minimum absolute atomic E-state index is 0.162. The molecule has 3 aromatic heterocycles. The molecule has 0 saturated carbocycles. The fraction of sp³-hybridized carbons (Fsp3) is 0.450. The van der Waals surface area contributed by atoms with E-state index in [9.17, 15) is 5.11 Å². The number of aryl methyl sites for hydroxylation is 2. The molecule has 1 unspecified atom stereocenters. The predicted octanol–water partition coefficient (Wildman–Crippen LogP) is 1.85. The molecule has 0 aromatic carbocycles. The number of nitrogens with zero attached hydrogens (tertiary/aromatic N) is 6. The predicted molar refractivity (Wildman–Crippen MR) is 106 cm³/mol. The summed E-state index contributed by atoms with van der Waals surface area (Å²) in [4.78, 5) is 14.0. The van der Waals surface area contributed by atoms with Gasteiger partial charge in [0.25, 0.3) is 0 Å². The second kappa shape index (κ2) is 8.12. The van der Waals surface area contributed by atoms with Crippen molar-refractivity contribution in [2.24, 2.45) is 7.05 Å². The van der Waals surface area contributed by atoms with E-state index in [0.717, 1.165) is 61.1 Å². The third kappa shape index (κ3) is 3.79. The Labute approximate surface area is 164 Å². The van der Waals surface area contributed by atoms with Gasteiger partial charge in [0.1, 0.15) is 0 Å². The summed E-state index contributed by atoms with van der Waals surface area (Å²) >= 11 is 0. The number of hydrogen-bond donors (Lipinski definition) is 1. The van der Waals surface area contributed by atoms with Crippen molar-refractivity contribution >= 4 is 5.95 Å². The first-order valence-electron chi connectivity index (χ1n) is 9.58. The average Bonchev–Trinajstić information content (AvgIpc) is 3.35. The zero-order valence-corrected chi connectivity index (χ0v) is 16.3. The molecule has 0 spiro atoms. The molecule has 1 N–H and O–H groups in total. The molecular weight excluding hydrogens is 356 g/mol. The molecular formula is C20H26N6O2. The van der Waals surface area contributed by atoms with Crippen molar-refractivity contribution in [1.82, 2.24) is 24.6 Å². The zero-order valence-electron chi connectivity index (χ0n) is 16.3. The number of anilines is 1. The molecule has 1 atom stereocenters. The molecule has 8 nitrogen and oxygen atoms in total. The van der Waals surface area contributed by atoms with E-state index in [2.05, 4.69) is 19.9 Å². The van der Waals surface area contributed by atoms with E-state index in [0.29, 0.717) is 0 Å². The highest BCUT2D eigenvalue weighted by Crippen LogP contribution is 2.24. The Morgan fingerprint density at radius 1 is 1.29 bits per heavy atom. The molecule has 1 aliphatic heterocycles. The fourth-order valence-electron chi connectivity index (χ4n) is 3.77. The molecule has 1 saturated heterocycles. The molecule has 28 heavy (non-hydrogen) atoms. The normalized spacial score (nSPS) is 18.0. The standard InChI is InChI=1S/C20H26N6O2/c1-15-11-21-20(23-19(15)18-3-6-22-24(18)2)26-8-7-25(17(13-26)4-9-27)12-16-5-10-28-14-16/h3,5-6,10-11,14,17,27H,4,7-9,12-13H2,1-2H3. The lowest BCUT2D eigenvalue weighted by Gasteiger charge is -2.41. The molecule has 4 rings (SSSR count). The van der Waals surface area contributed by atoms with Gasteiger partial charge in [0.15, 0.2) is 0 Å². The first-order chi connectivity index (χ1) is 13.7. The Morgan fingerprint density at radius 3 is 2.89 bits per heavy atom. The molecule has 1 aliphatic rings. The van der Waals surface area contributed by atoms with Crippen LogP contribution in [0.5, 0.6) is 0 Å². The number of hydrogen-bond acceptors (Lipinski definition) is 7. The van der Waals surface area contributed by atoms with Gasteiger partial charge in [-0.05, 0) is 31.0 Å². The highest BCUT2D eigenvalue weighted by Gasteiger charge is 2.28. The van der Waals surface area contributed by atoms with Crippen molar-refractivity contribution < 1.29 is 9.52 Å². The van der Waals surface area contributed by atoms with E-state index >= 15 is 0 Å². The van der Waals surface area contributed by atoms with Crippen LogP contribution in [-0.2, 0) is 13.6 Å². The Balaban J connectivity index is 1.54. The highest BCUT2D eigenvalue weighted by atomic mass is 16.3. The van der Waals surface area contributed by atoms with E-state index in [4.69, 9.17) is 9.40 Å². The smallest absolute Gasteiger partial charge is 0.226 e. The topological polar surface area (TPSA) is 83.5 Å². The Hall–Kier alpha value is -2.71. The van der Waals surface area contributed by atoms with Gasteiger partial charge in [-0.15, -0.1) is 0 Å². The van der Waals surface area contributed by atoms with Crippen LogP contribution in [0.15, 0.2) is 41.5 Å². The number of aliphatic hydroxyl groups excluding tert-OH is 1. The molecule has 0 amide bonds. The van der Waals surface area contributed by atoms with Crippen LogP contribution in [0.2, 0.25) is 0 Å². The van der Waals surface area contributed by atoms with Crippen molar-refractivity contribution in [2.75, 3.05) is 31.1 Å². The zero-order chi connectivity index (χ0) is 19.5. The second-order valence-corrected chi connectivity index (χ2v) is 7.26. The van der Waals surface area contributed by atoms with E-state index in [-0.39, 0.29) is 12.6 Å². The lowest BCUT2D eigenvalue weighted by Crippen LogP contribution is -2.53. The van der Waals surface area contributed by atoms with Crippen LogP contribution in [0, 0.1) is 6.92 Å². The average molecular weight is 382 g/mol. The van der Waals surface area contributed by atoms with Gasteiger partial charge >= 0.3 is 0 Å². The largest absolute Gasteiger partial charge is 0.472 e. The SMILES string of the molecule is Cc1cnc(N2CCN(Cc3ccoc3)C(CCO)C2)nc1-c1ccnn1C. The van der Waals surface area contributed by atoms with Gasteiger partial charge in [-0.3, -0.25) is 9.58 Å². The summed E-state index contributed by atoms with van der Waals surface area (Å²) in [6.45, 7) is 5.51. The first kappa shape index (κ1) is 18.6. The Bertz CT molecular complexity index is 907. The number of piperazine rings is 1. The van der Waals surface area contributed by atoms with Crippen LogP contribution < -0.4 is 4.90 Å². The van der Waals surface area contributed by atoms with E-state index in [1.807, 2.05) is 37.0 Å². The molecule has 0 aliphatic carbocycles. The van der Waals surface area contributed by atoms with Gasteiger partial charge in [0.2, 0.25) is 5.95 Å². The summed E-state index contributed by atoms with van der Waals surface area (Å²) in [5.74, 6) is 0.729. The molecule has 3 aromatic rings. The van der Waals surface area contributed by atoms with Crippen LogP contribution in [0.25, 0.3) is 11.4 Å². The maximum Gasteiger partial charge on any atom is 0.226 e. The van der Waals surface area contributed by atoms with Crippen LogP contribution in [0.3, 0.4) is 0 Å². The number of furan rings is 1. The fourth-order valence-corrected chi connectivity index (χ4v) is 3.77. The molecule has 1 fully saturated rings. The van der Waals surface area contributed by atoms with Gasteiger partial charge < -0.3 is 14.4 Å². The van der Waals surface area contributed by atoms with Gasteiger partial charge in [-0.2, -0.15) is 5.10 Å². The quantitative estimate of drug-likeness (QED) is 0.696. The Morgan fingerprint density at radius 2 is 2.18 bits per heavy atom. The summed E-state index contributed by atoms with van der Waals surface area (Å²) in [5, 5.41) is 13.8. The van der Waals surface area contributed by atoms with Crippen molar-refractivity contribution in [3.63, 3.8) is 0 Å². The lowest BCUT2D eigenvalue weighted by molar-refractivity contribution is 0.134. The van der Waals surface area contributed by atoms with Crippen molar-refractivity contribution in [2.45, 2.75) is 25.9 Å². The molecule has 0 bridgehead atoms. The highest BCUT2D eigenvalue weighted by molar-refractivity contribution is 5.60. The van der Waals surface area contributed by atoms with Crippen LogP contribution in [0.4, 0.5) is 5.95 Å². The molecule has 148 valence electrons. The third-order valence-electron chi connectivity index (χ3n) is 5.34. The van der Waals surface area contributed by atoms with Crippen LogP contribution >= 0.6 is 0 Å². The van der Waals surface area contributed by atoms with Gasteiger partial charge in [-0.25, -0.2) is 9.97 Å². The first-order valence-corrected chi connectivity index (χ1v) is 9.58.